The molecule has 2 aliphatic rings. The second kappa shape index (κ2) is 11.2. The van der Waals surface area contributed by atoms with Crippen LogP contribution in [0.25, 0.3) is 11.1 Å². The number of rotatable bonds is 4. The van der Waals surface area contributed by atoms with Gasteiger partial charge in [-0.2, -0.15) is 0 Å². The van der Waals surface area contributed by atoms with Crippen molar-refractivity contribution >= 4 is 21.6 Å². The number of likely N-dealkylation sites (N-methyl/N-ethyl adjacent to an activating group) is 1. The Balaban J connectivity index is 1.52. The fraction of sp³-hybridized carbons (Fsp3) is 0.357. The van der Waals surface area contributed by atoms with Crippen molar-refractivity contribution in [3.05, 3.63) is 77.3 Å². The van der Waals surface area contributed by atoms with Gasteiger partial charge < -0.3 is 14.6 Å². The highest BCUT2D eigenvalue weighted by molar-refractivity contribution is 7.89. The Bertz CT molecular complexity index is 1400. The normalized spacial score (nSPS) is 24.1. The molecule has 5 rings (SSSR count). The van der Waals surface area contributed by atoms with Crippen LogP contribution in [0.2, 0.25) is 5.02 Å². The molecule has 0 amide bonds. The van der Waals surface area contributed by atoms with E-state index in [1.54, 1.807) is 25.3 Å². The van der Waals surface area contributed by atoms with Crippen molar-refractivity contribution in [2.75, 3.05) is 40.3 Å². The number of benzene rings is 3. The van der Waals surface area contributed by atoms with E-state index < -0.39 is 16.1 Å². The summed E-state index contributed by atoms with van der Waals surface area (Å²) in [7, 11) is -0.385. The van der Waals surface area contributed by atoms with Gasteiger partial charge in [-0.15, -0.1) is 0 Å². The number of likely N-dealkylation sites (tertiary alicyclic amines) is 1. The number of sulfonamides is 1. The highest BCUT2D eigenvalue weighted by Crippen LogP contribution is 2.34. The number of nitrogens with zero attached hydrogens (tertiary/aromatic N) is 2. The van der Waals surface area contributed by atoms with Crippen LogP contribution < -0.4 is 14.2 Å². The maximum absolute atomic E-state index is 13.3. The summed E-state index contributed by atoms with van der Waals surface area (Å²) in [6, 6.07) is 20.4. The zero-order valence-corrected chi connectivity index (χ0v) is 23.0. The lowest BCUT2D eigenvalue weighted by Crippen LogP contribution is -2.47. The summed E-state index contributed by atoms with van der Waals surface area (Å²) < 4.78 is 41.0. The molecule has 1 saturated heterocycles. The van der Waals surface area contributed by atoms with Crippen molar-refractivity contribution in [1.82, 2.24) is 14.5 Å². The molecule has 0 unspecified atom stereocenters. The molecule has 3 aromatic carbocycles. The Hall–Kier alpha value is -2.66. The van der Waals surface area contributed by atoms with Crippen molar-refractivity contribution in [3.8, 4) is 22.6 Å². The molecule has 0 saturated carbocycles. The summed E-state index contributed by atoms with van der Waals surface area (Å²) in [5.74, 6) is 0.980. The van der Waals surface area contributed by atoms with Crippen LogP contribution in [0.15, 0.2) is 71.6 Å². The van der Waals surface area contributed by atoms with Gasteiger partial charge in [0.05, 0.1) is 19.3 Å². The molecular formula is C28H32ClN3O5S. The van der Waals surface area contributed by atoms with Gasteiger partial charge in [0.15, 0.2) is 0 Å². The molecule has 38 heavy (non-hydrogen) atoms. The van der Waals surface area contributed by atoms with E-state index >= 15 is 0 Å². The van der Waals surface area contributed by atoms with Crippen molar-refractivity contribution < 1.29 is 23.0 Å². The molecule has 0 spiro atoms. The fourth-order valence-corrected chi connectivity index (χ4v) is 6.53. The number of hydrogen-bond donors (Lipinski definition) is 2. The first kappa shape index (κ1) is 26.9. The molecule has 0 aliphatic carbocycles. The number of aliphatic hydroxyl groups is 1. The smallest absolute Gasteiger partial charge is 0.244 e. The lowest BCUT2D eigenvalue weighted by atomic mass is 10.1. The summed E-state index contributed by atoms with van der Waals surface area (Å²) in [5.41, 5.74) is 2.71. The summed E-state index contributed by atoms with van der Waals surface area (Å²) in [6.07, 6.45) is -1.20. The van der Waals surface area contributed by atoms with Crippen LogP contribution >= 0.6 is 11.6 Å². The SMILES string of the molecule is COc1cccc(-c2ccc3c(c2)O[C@H]2CN(Cc4ccccc4Cl)C[C@H]2N(C)C[C@@H](O)CNS3(=O)=O)c1. The van der Waals surface area contributed by atoms with E-state index in [4.69, 9.17) is 21.1 Å². The zero-order chi connectivity index (χ0) is 26.9. The number of β-amino-alcohol motifs (C(OH)–C–C–N with tert-alkyl or cyclic N) is 1. The first-order valence-corrected chi connectivity index (χ1v) is 14.4. The predicted octanol–water partition coefficient (Wildman–Crippen LogP) is 3.23. The number of methoxy groups -OCH3 is 1. The number of fused-ring (bicyclic) bond motifs is 2. The molecule has 0 radical (unpaired) electrons. The predicted molar refractivity (Wildman–Crippen MR) is 147 cm³/mol. The Morgan fingerprint density at radius 2 is 1.84 bits per heavy atom. The van der Waals surface area contributed by atoms with Crippen molar-refractivity contribution in [1.29, 1.82) is 0 Å². The highest BCUT2D eigenvalue weighted by atomic mass is 35.5. The zero-order valence-electron chi connectivity index (χ0n) is 21.4. The molecule has 1 fully saturated rings. The van der Waals surface area contributed by atoms with E-state index in [-0.39, 0.29) is 29.3 Å². The standard InChI is InChI=1S/C28H32ClN3O5S/c1-31-16-22(33)14-30-38(34,35)28-11-10-20(19-7-5-8-23(12-19)36-2)13-26(28)37-27-18-32(17-25(27)31)15-21-6-3-4-9-24(21)29/h3-13,22,25,27,30,33H,14-18H2,1-2H3/t22-,25+,27-/m0/s1. The van der Waals surface area contributed by atoms with Crippen molar-refractivity contribution in [2.45, 2.75) is 29.7 Å². The van der Waals surface area contributed by atoms with Crippen LogP contribution in [0.1, 0.15) is 5.56 Å². The van der Waals surface area contributed by atoms with Gasteiger partial charge in [-0.1, -0.05) is 48.0 Å². The number of aliphatic hydroxyl groups excluding tert-OH is 1. The first-order chi connectivity index (χ1) is 18.2. The number of nitrogens with one attached hydrogen (secondary N) is 1. The minimum Gasteiger partial charge on any atom is -0.497 e. The molecule has 0 bridgehead atoms. The summed E-state index contributed by atoms with van der Waals surface area (Å²) in [5, 5.41) is 11.3. The molecule has 2 heterocycles. The second-order valence-corrected chi connectivity index (χ2v) is 12.0. The minimum atomic E-state index is -3.93. The minimum absolute atomic E-state index is 0.0456. The van der Waals surface area contributed by atoms with Crippen LogP contribution in [0.3, 0.4) is 0 Å². The summed E-state index contributed by atoms with van der Waals surface area (Å²) in [6.45, 7) is 2.11. The quantitative estimate of drug-likeness (QED) is 0.509. The van der Waals surface area contributed by atoms with Gasteiger partial charge in [0.2, 0.25) is 10.0 Å². The van der Waals surface area contributed by atoms with E-state index in [1.165, 1.54) is 0 Å². The monoisotopic (exact) mass is 557 g/mol. The van der Waals surface area contributed by atoms with Crippen LogP contribution in [-0.4, -0.2) is 81.9 Å². The van der Waals surface area contributed by atoms with E-state index in [0.29, 0.717) is 37.0 Å². The van der Waals surface area contributed by atoms with Gasteiger partial charge in [0, 0.05) is 37.7 Å². The second-order valence-electron chi connectivity index (χ2n) is 9.85. The average molecular weight is 558 g/mol. The third-order valence-electron chi connectivity index (χ3n) is 7.15. The third-order valence-corrected chi connectivity index (χ3v) is 8.98. The van der Waals surface area contributed by atoms with Gasteiger partial charge >= 0.3 is 0 Å². The summed E-state index contributed by atoms with van der Waals surface area (Å²) in [4.78, 5) is 4.35. The molecule has 202 valence electrons. The molecule has 3 aromatic rings. The fourth-order valence-electron chi connectivity index (χ4n) is 5.15. The number of hydrogen-bond acceptors (Lipinski definition) is 7. The van der Waals surface area contributed by atoms with Gasteiger partial charge in [0.1, 0.15) is 22.5 Å². The van der Waals surface area contributed by atoms with Crippen LogP contribution in [-0.2, 0) is 16.6 Å². The van der Waals surface area contributed by atoms with E-state index in [0.717, 1.165) is 16.7 Å². The molecule has 10 heteroatoms. The van der Waals surface area contributed by atoms with Crippen molar-refractivity contribution in [2.24, 2.45) is 0 Å². The molecule has 8 nitrogen and oxygen atoms in total. The Labute approximate surface area is 228 Å². The topological polar surface area (TPSA) is 91.3 Å². The Morgan fingerprint density at radius 1 is 1.05 bits per heavy atom. The van der Waals surface area contributed by atoms with Gasteiger partial charge in [-0.05, 0) is 54.1 Å². The summed E-state index contributed by atoms with van der Waals surface area (Å²) >= 11 is 6.43. The molecule has 2 aliphatic heterocycles. The van der Waals surface area contributed by atoms with Gasteiger partial charge in [-0.3, -0.25) is 9.80 Å². The van der Waals surface area contributed by atoms with Crippen molar-refractivity contribution in [3.63, 3.8) is 0 Å². The van der Waals surface area contributed by atoms with E-state index in [1.807, 2.05) is 60.5 Å². The maximum atomic E-state index is 13.3. The van der Waals surface area contributed by atoms with Crippen LogP contribution in [0.4, 0.5) is 0 Å². The maximum Gasteiger partial charge on any atom is 0.244 e. The number of halogens is 1. The van der Waals surface area contributed by atoms with Gasteiger partial charge in [-0.25, -0.2) is 13.1 Å². The van der Waals surface area contributed by atoms with E-state index in [9.17, 15) is 13.5 Å². The Kier molecular flexibility index (Phi) is 7.95. The van der Waals surface area contributed by atoms with Crippen LogP contribution in [0.5, 0.6) is 11.5 Å². The highest BCUT2D eigenvalue weighted by Gasteiger charge is 2.39. The third kappa shape index (κ3) is 5.83. The molecule has 3 atom stereocenters. The number of ether oxygens (including phenoxy) is 2. The largest absolute Gasteiger partial charge is 0.497 e. The first-order valence-electron chi connectivity index (χ1n) is 12.5. The molecular weight excluding hydrogens is 526 g/mol. The Morgan fingerprint density at radius 3 is 2.63 bits per heavy atom. The van der Waals surface area contributed by atoms with E-state index in [2.05, 4.69) is 9.62 Å². The molecule has 0 aromatic heterocycles. The van der Waals surface area contributed by atoms with Gasteiger partial charge in [0.25, 0.3) is 0 Å². The lowest BCUT2D eigenvalue weighted by Gasteiger charge is -2.30. The average Bonchev–Trinajstić information content (AvgIpc) is 3.30. The molecule has 2 N–H and O–H groups in total. The lowest BCUT2D eigenvalue weighted by molar-refractivity contribution is 0.0713. The van der Waals surface area contributed by atoms with Crippen LogP contribution in [0, 0.1) is 0 Å².